The highest BCUT2D eigenvalue weighted by Crippen LogP contribution is 2.38. The molecule has 0 atom stereocenters. The van der Waals surface area contributed by atoms with Crippen LogP contribution in [0.1, 0.15) is 0 Å². The Hall–Kier alpha value is -2.25. The largest absolute Gasteiger partial charge is 0.398 e. The molecule has 0 bridgehead atoms. The summed E-state index contributed by atoms with van der Waals surface area (Å²) in [6, 6.07) is 20.6. The Morgan fingerprint density at radius 3 is 1.80 bits per heavy atom. The zero-order chi connectivity index (χ0) is 13.7. The van der Waals surface area contributed by atoms with E-state index in [1.165, 1.54) is 21.5 Å². The van der Waals surface area contributed by atoms with Crippen LogP contribution in [0.4, 0.5) is 5.69 Å². The predicted octanol–water partition coefficient (Wildman–Crippen LogP) is 5.38. The third-order valence-corrected chi connectivity index (χ3v) is 4.06. The second kappa shape index (κ2) is 4.12. The molecule has 0 fully saturated rings. The van der Waals surface area contributed by atoms with E-state index < -0.39 is 0 Å². The molecule has 0 unspecified atom stereocenters. The highest BCUT2D eigenvalue weighted by atomic mass is 35.5. The minimum atomic E-state index is 0.676. The van der Waals surface area contributed by atoms with Crippen LogP contribution in [0.2, 0.25) is 5.02 Å². The maximum absolute atomic E-state index is 6.23. The maximum Gasteiger partial charge on any atom is 0.0433 e. The molecule has 2 N–H and O–H groups in total. The van der Waals surface area contributed by atoms with Crippen LogP contribution in [0.25, 0.3) is 32.3 Å². The lowest BCUT2D eigenvalue weighted by atomic mass is 9.93. The first kappa shape index (κ1) is 11.6. The Bertz CT molecular complexity index is 973. The first-order chi connectivity index (χ1) is 9.75. The highest BCUT2D eigenvalue weighted by Gasteiger charge is 2.10. The lowest BCUT2D eigenvalue weighted by molar-refractivity contribution is 1.75. The second-order valence-corrected chi connectivity index (χ2v) is 5.45. The van der Waals surface area contributed by atoms with Gasteiger partial charge in [-0.05, 0) is 39.1 Å². The van der Waals surface area contributed by atoms with Gasteiger partial charge in [0, 0.05) is 16.1 Å². The van der Waals surface area contributed by atoms with Crippen LogP contribution < -0.4 is 5.73 Å². The van der Waals surface area contributed by atoms with Crippen molar-refractivity contribution in [2.24, 2.45) is 0 Å². The van der Waals surface area contributed by atoms with E-state index in [0.29, 0.717) is 5.02 Å². The van der Waals surface area contributed by atoms with E-state index >= 15 is 0 Å². The van der Waals surface area contributed by atoms with Crippen LogP contribution in [0.15, 0.2) is 60.7 Å². The van der Waals surface area contributed by atoms with Crippen LogP contribution in [-0.4, -0.2) is 0 Å². The summed E-state index contributed by atoms with van der Waals surface area (Å²) in [5.74, 6) is 0. The molecule has 0 saturated carbocycles. The van der Waals surface area contributed by atoms with Gasteiger partial charge in [-0.2, -0.15) is 0 Å². The average Bonchev–Trinajstić information content (AvgIpc) is 2.47. The quantitative estimate of drug-likeness (QED) is 0.339. The van der Waals surface area contributed by atoms with Gasteiger partial charge < -0.3 is 5.73 Å². The lowest BCUT2D eigenvalue weighted by Gasteiger charge is -2.12. The number of benzene rings is 4. The van der Waals surface area contributed by atoms with Gasteiger partial charge in [0.1, 0.15) is 0 Å². The Labute approximate surface area is 121 Å². The van der Waals surface area contributed by atoms with Crippen LogP contribution in [0, 0.1) is 0 Å². The summed E-state index contributed by atoms with van der Waals surface area (Å²) in [6.45, 7) is 0. The molecule has 20 heavy (non-hydrogen) atoms. The lowest BCUT2D eigenvalue weighted by Crippen LogP contribution is -1.90. The van der Waals surface area contributed by atoms with Gasteiger partial charge in [0.2, 0.25) is 0 Å². The van der Waals surface area contributed by atoms with Crippen LogP contribution in [0.5, 0.6) is 0 Å². The topological polar surface area (TPSA) is 26.0 Å². The van der Waals surface area contributed by atoms with Gasteiger partial charge >= 0.3 is 0 Å². The Kier molecular flexibility index (Phi) is 2.38. The number of nitrogens with two attached hydrogens (primary N) is 1. The third-order valence-electron chi connectivity index (χ3n) is 3.84. The fourth-order valence-electron chi connectivity index (χ4n) is 3.03. The number of anilines is 1. The van der Waals surface area contributed by atoms with Crippen molar-refractivity contribution in [3.63, 3.8) is 0 Å². The monoisotopic (exact) mass is 277 g/mol. The number of fused-ring (bicyclic) bond motifs is 6. The molecule has 0 aliphatic carbocycles. The van der Waals surface area contributed by atoms with E-state index in [2.05, 4.69) is 36.4 Å². The van der Waals surface area contributed by atoms with Crippen molar-refractivity contribution in [3.8, 4) is 0 Å². The van der Waals surface area contributed by atoms with Gasteiger partial charge in [0.05, 0.1) is 0 Å². The van der Waals surface area contributed by atoms with E-state index in [9.17, 15) is 0 Å². The Balaban J connectivity index is 2.46. The fourth-order valence-corrected chi connectivity index (χ4v) is 3.26. The van der Waals surface area contributed by atoms with Gasteiger partial charge in [-0.15, -0.1) is 0 Å². The summed E-state index contributed by atoms with van der Waals surface area (Å²) in [7, 11) is 0. The van der Waals surface area contributed by atoms with Crippen molar-refractivity contribution in [2.75, 3.05) is 5.73 Å². The normalized spacial score (nSPS) is 11.4. The minimum Gasteiger partial charge on any atom is -0.398 e. The van der Waals surface area contributed by atoms with Crippen molar-refractivity contribution in [1.82, 2.24) is 0 Å². The van der Waals surface area contributed by atoms with Crippen LogP contribution >= 0.6 is 11.6 Å². The van der Waals surface area contributed by atoms with Crippen LogP contribution in [-0.2, 0) is 0 Å². The van der Waals surface area contributed by atoms with E-state index in [-0.39, 0.29) is 0 Å². The smallest absolute Gasteiger partial charge is 0.0433 e. The summed E-state index contributed by atoms with van der Waals surface area (Å²) in [4.78, 5) is 0. The summed E-state index contributed by atoms with van der Waals surface area (Å²) >= 11 is 6.20. The molecule has 0 radical (unpaired) electrons. The molecule has 0 saturated heterocycles. The third kappa shape index (κ3) is 1.50. The van der Waals surface area contributed by atoms with E-state index in [1.54, 1.807) is 0 Å². The van der Waals surface area contributed by atoms with Crippen LogP contribution in [0.3, 0.4) is 0 Å². The molecule has 2 heteroatoms. The molecule has 0 amide bonds. The number of hydrogen-bond donors (Lipinski definition) is 1. The molecular formula is C18H12ClN. The first-order valence-corrected chi connectivity index (χ1v) is 6.92. The van der Waals surface area contributed by atoms with E-state index in [1.807, 2.05) is 24.3 Å². The number of rotatable bonds is 0. The molecule has 0 aromatic heterocycles. The molecule has 4 aromatic rings. The van der Waals surface area contributed by atoms with Crippen molar-refractivity contribution in [2.45, 2.75) is 0 Å². The standard InChI is InChI=1S/C18H12ClN/c19-11-9-16-14-7-2-1-5-12(14)13-6-3-4-8-15(13)18(16)17(20)10-11/h1-10H,20H2. The molecule has 4 rings (SSSR count). The molecule has 4 aromatic carbocycles. The van der Waals surface area contributed by atoms with E-state index in [0.717, 1.165) is 16.5 Å². The van der Waals surface area contributed by atoms with Crippen molar-refractivity contribution in [1.29, 1.82) is 0 Å². The van der Waals surface area contributed by atoms with Crippen molar-refractivity contribution < 1.29 is 0 Å². The molecule has 0 aliphatic rings. The first-order valence-electron chi connectivity index (χ1n) is 6.54. The van der Waals surface area contributed by atoms with Crippen molar-refractivity contribution in [3.05, 3.63) is 65.7 Å². The molecule has 0 heterocycles. The number of halogens is 1. The Morgan fingerprint density at radius 2 is 1.15 bits per heavy atom. The predicted molar refractivity (Wildman–Crippen MR) is 88.4 cm³/mol. The van der Waals surface area contributed by atoms with Gasteiger partial charge in [-0.3, -0.25) is 0 Å². The van der Waals surface area contributed by atoms with Gasteiger partial charge in [-0.25, -0.2) is 0 Å². The van der Waals surface area contributed by atoms with Gasteiger partial charge in [0.25, 0.3) is 0 Å². The summed E-state index contributed by atoms with van der Waals surface area (Å²) < 4.78 is 0. The van der Waals surface area contributed by atoms with E-state index in [4.69, 9.17) is 17.3 Å². The number of hydrogen-bond acceptors (Lipinski definition) is 1. The van der Waals surface area contributed by atoms with Crippen molar-refractivity contribution >= 4 is 49.6 Å². The summed E-state index contributed by atoms with van der Waals surface area (Å²) in [6.07, 6.45) is 0. The summed E-state index contributed by atoms with van der Waals surface area (Å²) in [5, 5.41) is 7.70. The number of nitrogen functional groups attached to an aromatic ring is 1. The van der Waals surface area contributed by atoms with Gasteiger partial charge in [-0.1, -0.05) is 60.1 Å². The van der Waals surface area contributed by atoms with Gasteiger partial charge in [0.15, 0.2) is 0 Å². The zero-order valence-electron chi connectivity index (χ0n) is 10.7. The summed E-state index contributed by atoms with van der Waals surface area (Å²) in [5.41, 5.74) is 6.96. The Morgan fingerprint density at radius 1 is 0.650 bits per heavy atom. The maximum atomic E-state index is 6.23. The molecule has 1 nitrogen and oxygen atoms in total. The SMILES string of the molecule is Nc1cc(Cl)cc2c3ccccc3c3ccccc3c12. The zero-order valence-corrected chi connectivity index (χ0v) is 11.5. The highest BCUT2D eigenvalue weighted by molar-refractivity contribution is 6.35. The average molecular weight is 278 g/mol. The fraction of sp³-hybridized carbons (Fsp3) is 0. The molecule has 0 spiro atoms. The molecule has 0 aliphatic heterocycles. The molecule has 96 valence electrons. The minimum absolute atomic E-state index is 0.676. The second-order valence-electron chi connectivity index (χ2n) is 5.01. The molecular weight excluding hydrogens is 266 g/mol.